The number of hydrogen-bond donors (Lipinski definition) is 0. The summed E-state index contributed by atoms with van der Waals surface area (Å²) in [7, 11) is -1.92. The van der Waals surface area contributed by atoms with Crippen molar-refractivity contribution in [1.29, 1.82) is 0 Å². The lowest BCUT2D eigenvalue weighted by molar-refractivity contribution is 0.180. The first-order valence-corrected chi connectivity index (χ1v) is 8.03. The normalized spacial score (nSPS) is 20.3. The quantitative estimate of drug-likeness (QED) is 0.818. The van der Waals surface area contributed by atoms with Gasteiger partial charge in [-0.15, -0.1) is 0 Å². The Morgan fingerprint density at radius 2 is 2.37 bits per heavy atom. The van der Waals surface area contributed by atoms with Gasteiger partial charge in [-0.1, -0.05) is 6.92 Å². The highest BCUT2D eigenvalue weighted by Crippen LogP contribution is 2.21. The molecule has 8 heteroatoms. The summed E-state index contributed by atoms with van der Waals surface area (Å²) in [5.41, 5.74) is 0. The van der Waals surface area contributed by atoms with Crippen molar-refractivity contribution in [2.75, 3.05) is 26.3 Å². The molecule has 1 aromatic heterocycles. The van der Waals surface area contributed by atoms with Crippen LogP contribution >= 0.6 is 11.6 Å². The summed E-state index contributed by atoms with van der Waals surface area (Å²) in [4.78, 5) is 3.89. The Bertz CT molecular complexity index is 518. The number of nitrogens with zero attached hydrogens (tertiary/aromatic N) is 3. The monoisotopic (exact) mass is 307 g/mol. The Balaban J connectivity index is 2.20. The summed E-state index contributed by atoms with van der Waals surface area (Å²) < 4.78 is 33.1. The SMILES string of the molecule is CCN(CC1CCOC1)S(=O)(=O)c1cn(C)c(Cl)n1. The summed E-state index contributed by atoms with van der Waals surface area (Å²) >= 11 is 5.80. The molecule has 1 atom stereocenters. The molecule has 2 heterocycles. The van der Waals surface area contributed by atoms with E-state index in [1.165, 1.54) is 15.1 Å². The van der Waals surface area contributed by atoms with Crippen LogP contribution in [0.2, 0.25) is 5.28 Å². The van der Waals surface area contributed by atoms with Gasteiger partial charge >= 0.3 is 0 Å². The van der Waals surface area contributed by atoms with Gasteiger partial charge in [0.2, 0.25) is 5.28 Å². The van der Waals surface area contributed by atoms with Gasteiger partial charge in [-0.05, 0) is 23.9 Å². The van der Waals surface area contributed by atoms with Crippen molar-refractivity contribution in [2.45, 2.75) is 18.4 Å². The van der Waals surface area contributed by atoms with Gasteiger partial charge in [0.1, 0.15) is 0 Å². The van der Waals surface area contributed by atoms with Crippen LogP contribution in [0.4, 0.5) is 0 Å². The molecular formula is C11H18ClN3O3S. The Kier molecular flexibility index (Phi) is 4.50. The molecule has 1 aromatic rings. The Hall–Kier alpha value is -0.630. The molecule has 1 aliphatic heterocycles. The lowest BCUT2D eigenvalue weighted by Crippen LogP contribution is -2.35. The second-order valence-electron chi connectivity index (χ2n) is 4.64. The van der Waals surface area contributed by atoms with E-state index in [1.54, 1.807) is 7.05 Å². The minimum absolute atomic E-state index is 0.000709. The van der Waals surface area contributed by atoms with Crippen molar-refractivity contribution in [3.05, 3.63) is 11.5 Å². The van der Waals surface area contributed by atoms with Crippen molar-refractivity contribution in [3.63, 3.8) is 0 Å². The average Bonchev–Trinajstić information content (AvgIpc) is 2.97. The molecule has 0 radical (unpaired) electrons. The third-order valence-electron chi connectivity index (χ3n) is 3.24. The first-order chi connectivity index (χ1) is 8.95. The van der Waals surface area contributed by atoms with Gasteiger partial charge in [0.25, 0.3) is 10.0 Å². The standard InChI is InChI=1S/C11H18ClN3O3S/c1-3-15(6-9-4-5-18-8-9)19(16,17)10-7-14(2)11(12)13-10/h7,9H,3-6,8H2,1-2H3. The Morgan fingerprint density at radius 3 is 2.84 bits per heavy atom. The third-order valence-corrected chi connectivity index (χ3v) is 5.40. The first-order valence-electron chi connectivity index (χ1n) is 6.22. The smallest absolute Gasteiger partial charge is 0.262 e. The number of halogens is 1. The van der Waals surface area contributed by atoms with Gasteiger partial charge in [-0.2, -0.15) is 4.31 Å². The Morgan fingerprint density at radius 1 is 1.63 bits per heavy atom. The maximum absolute atomic E-state index is 12.5. The maximum atomic E-state index is 12.5. The fourth-order valence-corrected chi connectivity index (χ4v) is 3.78. The highest BCUT2D eigenvalue weighted by molar-refractivity contribution is 7.89. The van der Waals surface area contributed by atoms with Crippen LogP contribution in [0.3, 0.4) is 0 Å². The van der Waals surface area contributed by atoms with Gasteiger partial charge in [-0.3, -0.25) is 0 Å². The summed E-state index contributed by atoms with van der Waals surface area (Å²) in [6.45, 7) is 4.02. The fourth-order valence-electron chi connectivity index (χ4n) is 2.09. The molecule has 1 unspecified atom stereocenters. The summed E-state index contributed by atoms with van der Waals surface area (Å²) in [6.07, 6.45) is 2.33. The van der Waals surface area contributed by atoms with Gasteiger partial charge in [0.15, 0.2) is 5.03 Å². The third kappa shape index (κ3) is 3.10. The van der Waals surface area contributed by atoms with Crippen LogP contribution in [-0.4, -0.2) is 48.6 Å². The maximum Gasteiger partial charge on any atom is 0.262 e. The van der Waals surface area contributed by atoms with Crippen molar-refractivity contribution in [1.82, 2.24) is 13.9 Å². The summed E-state index contributed by atoms with van der Waals surface area (Å²) in [6, 6.07) is 0. The topological polar surface area (TPSA) is 64.4 Å². The van der Waals surface area contributed by atoms with E-state index in [-0.39, 0.29) is 16.2 Å². The van der Waals surface area contributed by atoms with Crippen molar-refractivity contribution in [2.24, 2.45) is 13.0 Å². The molecule has 0 bridgehead atoms. The lowest BCUT2D eigenvalue weighted by atomic mass is 10.1. The van der Waals surface area contributed by atoms with Crippen LogP contribution < -0.4 is 0 Å². The van der Waals surface area contributed by atoms with Gasteiger partial charge in [-0.25, -0.2) is 13.4 Å². The minimum Gasteiger partial charge on any atom is -0.381 e. The average molecular weight is 308 g/mol. The summed E-state index contributed by atoms with van der Waals surface area (Å²) in [5.74, 6) is 0.258. The fraction of sp³-hybridized carbons (Fsp3) is 0.727. The zero-order valence-corrected chi connectivity index (χ0v) is 12.6. The van der Waals surface area contributed by atoms with E-state index in [4.69, 9.17) is 16.3 Å². The number of rotatable bonds is 5. The molecular weight excluding hydrogens is 290 g/mol. The molecule has 0 N–H and O–H groups in total. The van der Waals surface area contributed by atoms with Crippen molar-refractivity contribution in [3.8, 4) is 0 Å². The molecule has 1 fully saturated rings. The van der Waals surface area contributed by atoms with Crippen LogP contribution in [0.5, 0.6) is 0 Å². The van der Waals surface area contributed by atoms with Crippen molar-refractivity contribution < 1.29 is 13.2 Å². The second kappa shape index (κ2) is 5.78. The van der Waals surface area contributed by atoms with Gasteiger partial charge in [0.05, 0.1) is 6.61 Å². The lowest BCUT2D eigenvalue weighted by Gasteiger charge is -2.21. The van der Waals surface area contributed by atoms with E-state index in [0.717, 1.165) is 6.42 Å². The molecule has 0 aliphatic carbocycles. The second-order valence-corrected chi connectivity index (χ2v) is 6.87. The number of ether oxygens (including phenoxy) is 1. The summed E-state index contributed by atoms with van der Waals surface area (Å²) in [5, 5.41) is 0.166. The zero-order valence-electron chi connectivity index (χ0n) is 11.0. The van der Waals surface area contributed by atoms with Gasteiger partial charge in [0, 0.05) is 32.9 Å². The van der Waals surface area contributed by atoms with Gasteiger partial charge < -0.3 is 9.30 Å². The van der Waals surface area contributed by atoms with E-state index in [2.05, 4.69) is 4.98 Å². The van der Waals surface area contributed by atoms with Crippen LogP contribution in [0.1, 0.15) is 13.3 Å². The van der Waals surface area contributed by atoms with E-state index in [1.807, 2.05) is 6.92 Å². The predicted molar refractivity (Wildman–Crippen MR) is 71.6 cm³/mol. The highest BCUT2D eigenvalue weighted by atomic mass is 35.5. The van der Waals surface area contributed by atoms with E-state index >= 15 is 0 Å². The molecule has 1 saturated heterocycles. The number of imidazole rings is 1. The minimum atomic E-state index is -3.58. The number of aryl methyl sites for hydroxylation is 1. The van der Waals surface area contributed by atoms with Crippen LogP contribution in [0.15, 0.2) is 11.2 Å². The van der Waals surface area contributed by atoms with Crippen molar-refractivity contribution >= 4 is 21.6 Å². The number of sulfonamides is 1. The van der Waals surface area contributed by atoms with E-state index < -0.39 is 10.0 Å². The number of aromatic nitrogens is 2. The molecule has 19 heavy (non-hydrogen) atoms. The van der Waals surface area contributed by atoms with Crippen LogP contribution in [0, 0.1) is 5.92 Å². The molecule has 1 aliphatic rings. The Labute approximate surface area is 118 Å². The molecule has 0 amide bonds. The number of hydrogen-bond acceptors (Lipinski definition) is 4. The molecule has 2 rings (SSSR count). The first kappa shape index (κ1) is 14.8. The molecule has 0 aromatic carbocycles. The molecule has 0 spiro atoms. The van der Waals surface area contributed by atoms with E-state index in [0.29, 0.717) is 26.3 Å². The highest BCUT2D eigenvalue weighted by Gasteiger charge is 2.29. The van der Waals surface area contributed by atoms with Crippen LogP contribution in [0.25, 0.3) is 0 Å². The molecule has 108 valence electrons. The van der Waals surface area contributed by atoms with Crippen LogP contribution in [-0.2, 0) is 21.8 Å². The van der Waals surface area contributed by atoms with E-state index in [9.17, 15) is 8.42 Å². The molecule has 6 nitrogen and oxygen atoms in total. The predicted octanol–water partition coefficient (Wildman–Crippen LogP) is 1.12. The largest absolute Gasteiger partial charge is 0.381 e. The molecule has 0 saturated carbocycles. The zero-order chi connectivity index (χ0) is 14.0.